The van der Waals surface area contributed by atoms with Crippen LogP contribution in [0.5, 0.6) is 0 Å². The minimum atomic E-state index is -3.71. The van der Waals surface area contributed by atoms with Crippen LogP contribution in [0.3, 0.4) is 0 Å². The molecule has 1 unspecified atom stereocenters. The van der Waals surface area contributed by atoms with E-state index in [1.165, 1.54) is 17.7 Å². The fourth-order valence-electron chi connectivity index (χ4n) is 2.55. The zero-order valence-electron chi connectivity index (χ0n) is 13.3. The van der Waals surface area contributed by atoms with Crippen molar-refractivity contribution in [1.29, 1.82) is 5.26 Å². The third-order valence-corrected chi connectivity index (χ3v) is 7.17. The summed E-state index contributed by atoms with van der Waals surface area (Å²) in [6.07, 6.45) is 1.52. The Hall–Kier alpha value is -2.28. The van der Waals surface area contributed by atoms with Gasteiger partial charge >= 0.3 is 0 Å². The quantitative estimate of drug-likeness (QED) is 0.768. The van der Waals surface area contributed by atoms with Gasteiger partial charge in [0.05, 0.1) is 17.7 Å². The molecule has 7 nitrogen and oxygen atoms in total. The molecule has 3 rings (SSSR count). The third-order valence-electron chi connectivity index (χ3n) is 3.73. The summed E-state index contributed by atoms with van der Waals surface area (Å²) < 4.78 is 30.9. The number of sulfonamides is 1. The topological polar surface area (TPSA) is 101 Å². The first-order chi connectivity index (χ1) is 11.3. The number of nitrogens with one attached hydrogen (secondary N) is 1. The molecule has 0 aliphatic heterocycles. The van der Waals surface area contributed by atoms with Gasteiger partial charge in [0.1, 0.15) is 16.4 Å². The number of nitrogens with zero attached hydrogens (tertiary/aromatic N) is 4. The summed E-state index contributed by atoms with van der Waals surface area (Å²) in [6.45, 7) is 3.47. The van der Waals surface area contributed by atoms with Gasteiger partial charge in [-0.2, -0.15) is 9.98 Å². The largest absolute Gasteiger partial charge is 0.319 e. The Bertz CT molecular complexity index is 1060. The smallest absolute Gasteiger partial charge is 0.251 e. The lowest BCUT2D eigenvalue weighted by molar-refractivity contribution is 0.555. The minimum absolute atomic E-state index is 0.251. The molecule has 1 atom stereocenters. The summed E-state index contributed by atoms with van der Waals surface area (Å²) in [5.74, 6) is 0.532. The van der Waals surface area contributed by atoms with Gasteiger partial charge in [-0.05, 0) is 43.0 Å². The molecule has 0 radical (unpaired) electrons. The van der Waals surface area contributed by atoms with Crippen LogP contribution in [0.2, 0.25) is 0 Å². The van der Waals surface area contributed by atoms with Crippen LogP contribution in [0.15, 0.2) is 28.7 Å². The van der Waals surface area contributed by atoms with Gasteiger partial charge in [-0.15, -0.1) is 21.5 Å². The number of aromatic nitrogens is 3. The van der Waals surface area contributed by atoms with Crippen LogP contribution >= 0.6 is 11.3 Å². The van der Waals surface area contributed by atoms with Gasteiger partial charge in [-0.3, -0.25) is 0 Å². The van der Waals surface area contributed by atoms with Crippen LogP contribution in [0.25, 0.3) is 10.1 Å². The highest BCUT2D eigenvalue weighted by Gasteiger charge is 2.25. The third kappa shape index (κ3) is 2.80. The standard InChI is InChI=1S/C15H15N5O2S2/c1-9-12-6-11(7-16)4-5-13(12)23-15(9)24(21,22)19-10(2)14-18-17-8-20(14)3/h4-6,8,10,19H,1-3H3. The van der Waals surface area contributed by atoms with Crippen molar-refractivity contribution in [3.05, 3.63) is 41.5 Å². The van der Waals surface area contributed by atoms with E-state index in [9.17, 15) is 8.42 Å². The summed E-state index contributed by atoms with van der Waals surface area (Å²) >= 11 is 1.19. The number of rotatable bonds is 4. The molecule has 24 heavy (non-hydrogen) atoms. The van der Waals surface area contributed by atoms with E-state index in [2.05, 4.69) is 21.0 Å². The number of benzene rings is 1. The summed E-state index contributed by atoms with van der Waals surface area (Å²) in [5.41, 5.74) is 1.15. The van der Waals surface area contributed by atoms with E-state index < -0.39 is 16.1 Å². The van der Waals surface area contributed by atoms with E-state index in [0.717, 1.165) is 10.1 Å². The maximum Gasteiger partial charge on any atom is 0.251 e. The maximum atomic E-state index is 12.8. The van der Waals surface area contributed by atoms with E-state index in [-0.39, 0.29) is 4.21 Å². The Balaban J connectivity index is 2.01. The zero-order chi connectivity index (χ0) is 17.5. The predicted octanol–water partition coefficient (Wildman–Crippen LogP) is 2.25. The number of fused-ring (bicyclic) bond motifs is 1. The highest BCUT2D eigenvalue weighted by Crippen LogP contribution is 2.35. The van der Waals surface area contributed by atoms with E-state index in [0.29, 0.717) is 17.0 Å². The molecule has 1 N–H and O–H groups in total. The molecule has 0 aliphatic rings. The second-order valence-corrected chi connectivity index (χ2v) is 8.44. The highest BCUT2D eigenvalue weighted by molar-refractivity contribution is 7.91. The molecule has 9 heteroatoms. The van der Waals surface area contributed by atoms with Crippen LogP contribution in [-0.2, 0) is 17.1 Å². The van der Waals surface area contributed by atoms with Gasteiger partial charge in [0.2, 0.25) is 0 Å². The first-order valence-electron chi connectivity index (χ1n) is 7.13. The molecule has 0 bridgehead atoms. The summed E-state index contributed by atoms with van der Waals surface area (Å²) in [5, 5.41) is 17.5. The van der Waals surface area contributed by atoms with Crippen molar-refractivity contribution >= 4 is 31.4 Å². The van der Waals surface area contributed by atoms with Crippen LogP contribution < -0.4 is 4.72 Å². The van der Waals surface area contributed by atoms with Gasteiger partial charge in [-0.1, -0.05) is 0 Å². The minimum Gasteiger partial charge on any atom is -0.319 e. The number of hydrogen-bond donors (Lipinski definition) is 1. The molecule has 0 amide bonds. The van der Waals surface area contributed by atoms with Crippen molar-refractivity contribution in [3.8, 4) is 6.07 Å². The van der Waals surface area contributed by atoms with E-state index in [1.54, 1.807) is 43.7 Å². The second kappa shape index (κ2) is 5.98. The van der Waals surface area contributed by atoms with Crippen LogP contribution in [-0.4, -0.2) is 23.2 Å². The summed E-state index contributed by atoms with van der Waals surface area (Å²) in [7, 11) is -1.95. The Morgan fingerprint density at radius 3 is 2.79 bits per heavy atom. The van der Waals surface area contributed by atoms with Gasteiger partial charge in [0.15, 0.2) is 0 Å². The number of hydrogen-bond acceptors (Lipinski definition) is 6. The lowest BCUT2D eigenvalue weighted by atomic mass is 10.1. The molecule has 124 valence electrons. The molecule has 0 saturated heterocycles. The lowest BCUT2D eigenvalue weighted by Gasteiger charge is -2.13. The maximum absolute atomic E-state index is 12.8. The number of nitriles is 1. The van der Waals surface area contributed by atoms with E-state index >= 15 is 0 Å². The Labute approximate surface area is 143 Å². The van der Waals surface area contributed by atoms with Crippen molar-refractivity contribution in [1.82, 2.24) is 19.5 Å². The van der Waals surface area contributed by atoms with Crippen molar-refractivity contribution in [2.24, 2.45) is 7.05 Å². The molecule has 1 aromatic carbocycles. The van der Waals surface area contributed by atoms with Crippen LogP contribution in [0.4, 0.5) is 0 Å². The first-order valence-corrected chi connectivity index (χ1v) is 9.43. The summed E-state index contributed by atoms with van der Waals surface area (Å²) in [6, 6.07) is 6.73. The predicted molar refractivity (Wildman–Crippen MR) is 91.0 cm³/mol. The molecular weight excluding hydrogens is 346 g/mol. The molecule has 0 aliphatic carbocycles. The Morgan fingerprint density at radius 1 is 1.42 bits per heavy atom. The van der Waals surface area contributed by atoms with E-state index in [1.807, 2.05) is 0 Å². The molecule has 2 heterocycles. The van der Waals surface area contributed by atoms with Crippen molar-refractivity contribution in [2.75, 3.05) is 0 Å². The molecule has 0 spiro atoms. The fraction of sp³-hybridized carbons (Fsp3) is 0.267. The van der Waals surface area contributed by atoms with Crippen molar-refractivity contribution in [3.63, 3.8) is 0 Å². The summed E-state index contributed by atoms with van der Waals surface area (Å²) in [4.78, 5) is 0. The molecule has 0 fully saturated rings. The first kappa shape index (κ1) is 16.6. The zero-order valence-corrected chi connectivity index (χ0v) is 14.9. The monoisotopic (exact) mass is 361 g/mol. The highest BCUT2D eigenvalue weighted by atomic mass is 32.2. The Kier molecular flexibility index (Phi) is 4.13. The van der Waals surface area contributed by atoms with Gasteiger partial charge < -0.3 is 4.57 Å². The van der Waals surface area contributed by atoms with E-state index in [4.69, 9.17) is 5.26 Å². The lowest BCUT2D eigenvalue weighted by Crippen LogP contribution is -2.28. The second-order valence-electron chi connectivity index (χ2n) is 5.48. The average molecular weight is 361 g/mol. The molecule has 2 aromatic heterocycles. The SMILES string of the molecule is Cc1c(S(=O)(=O)NC(C)c2nncn2C)sc2ccc(C#N)cc12. The molecule has 0 saturated carbocycles. The van der Waals surface area contributed by atoms with Gasteiger partial charge in [0.25, 0.3) is 10.0 Å². The van der Waals surface area contributed by atoms with Crippen molar-refractivity contribution < 1.29 is 8.42 Å². The van der Waals surface area contributed by atoms with Crippen LogP contribution in [0, 0.1) is 18.3 Å². The molecular formula is C15H15N5O2S2. The van der Waals surface area contributed by atoms with Crippen molar-refractivity contribution in [2.45, 2.75) is 24.1 Å². The van der Waals surface area contributed by atoms with Gasteiger partial charge in [0, 0.05) is 11.7 Å². The molecule has 3 aromatic rings. The fourth-order valence-corrected chi connectivity index (χ4v) is 5.51. The number of aryl methyl sites for hydroxylation is 2. The normalized spacial score (nSPS) is 13.1. The number of thiophene rings is 1. The Morgan fingerprint density at radius 2 is 2.17 bits per heavy atom. The van der Waals surface area contributed by atoms with Gasteiger partial charge in [-0.25, -0.2) is 8.42 Å². The van der Waals surface area contributed by atoms with Crippen LogP contribution in [0.1, 0.15) is 29.9 Å². The average Bonchev–Trinajstić information content (AvgIpc) is 3.11.